The zero-order valence-corrected chi connectivity index (χ0v) is 18.5. The number of aromatic amines is 1. The first-order valence-corrected chi connectivity index (χ1v) is 11.4. The maximum atomic E-state index is 12.9. The van der Waals surface area contributed by atoms with Crippen molar-refractivity contribution in [3.05, 3.63) is 70.5 Å². The minimum atomic E-state index is -0.930. The summed E-state index contributed by atoms with van der Waals surface area (Å²) in [4.78, 5) is 40.3. The third kappa shape index (κ3) is 4.01. The van der Waals surface area contributed by atoms with Gasteiger partial charge in [-0.2, -0.15) is 0 Å². The van der Waals surface area contributed by atoms with Gasteiger partial charge in [0, 0.05) is 41.0 Å². The van der Waals surface area contributed by atoms with E-state index in [2.05, 4.69) is 10.3 Å². The van der Waals surface area contributed by atoms with Crippen LogP contribution in [-0.2, 0) is 22.4 Å². The number of carbonyl (C=O) groups excluding carboxylic acids is 2. The molecule has 3 aromatic rings. The number of aromatic hydroxyl groups is 1. The number of H-pyrrole nitrogens is 1. The van der Waals surface area contributed by atoms with Gasteiger partial charge in [-0.3, -0.25) is 14.4 Å². The smallest absolute Gasteiger partial charge is 0.303 e. The van der Waals surface area contributed by atoms with E-state index in [0.717, 1.165) is 41.6 Å². The first-order chi connectivity index (χ1) is 16.4. The van der Waals surface area contributed by atoms with E-state index >= 15 is 0 Å². The second-order valence-corrected chi connectivity index (χ2v) is 8.71. The molecule has 2 heterocycles. The van der Waals surface area contributed by atoms with Gasteiger partial charge in [0.25, 0.3) is 5.91 Å². The van der Waals surface area contributed by atoms with Gasteiger partial charge in [-0.05, 0) is 66.6 Å². The number of Topliss-reactive ketones (excluding diaryl/α,β-unsaturated/α-hetero) is 1. The molecule has 1 amide bonds. The molecule has 0 bridgehead atoms. The second-order valence-electron chi connectivity index (χ2n) is 8.71. The average molecular weight is 456 g/mol. The van der Waals surface area contributed by atoms with E-state index in [9.17, 15) is 24.6 Å². The average Bonchev–Trinajstić information content (AvgIpc) is 3.25. The summed E-state index contributed by atoms with van der Waals surface area (Å²) < 4.78 is 0. The molecule has 1 aliphatic heterocycles. The number of amides is 1. The van der Waals surface area contributed by atoms with Crippen molar-refractivity contribution in [2.45, 2.75) is 38.5 Å². The highest BCUT2D eigenvalue weighted by Gasteiger charge is 2.28. The number of rotatable bonds is 5. The van der Waals surface area contributed by atoms with E-state index in [1.807, 2.05) is 30.3 Å². The lowest BCUT2D eigenvalue weighted by Crippen LogP contribution is -2.06. The summed E-state index contributed by atoms with van der Waals surface area (Å²) in [5.41, 5.74) is 6.44. The summed E-state index contributed by atoms with van der Waals surface area (Å²) >= 11 is 0. The molecule has 1 aliphatic carbocycles. The Morgan fingerprint density at radius 1 is 1.00 bits per heavy atom. The number of nitrogens with one attached hydrogen (secondary N) is 2. The number of aryl methyl sites for hydroxylation is 1. The fourth-order valence-electron chi connectivity index (χ4n) is 4.78. The van der Waals surface area contributed by atoms with Gasteiger partial charge in [-0.15, -0.1) is 0 Å². The van der Waals surface area contributed by atoms with Gasteiger partial charge in [0.1, 0.15) is 5.75 Å². The van der Waals surface area contributed by atoms with Crippen LogP contribution in [0.25, 0.3) is 22.8 Å². The molecular formula is C27H24N2O5. The van der Waals surface area contributed by atoms with E-state index < -0.39 is 5.97 Å². The topological polar surface area (TPSA) is 119 Å². The van der Waals surface area contributed by atoms with Crippen LogP contribution in [0.5, 0.6) is 5.75 Å². The van der Waals surface area contributed by atoms with Gasteiger partial charge < -0.3 is 20.5 Å². The van der Waals surface area contributed by atoms with Crippen LogP contribution in [-0.4, -0.2) is 32.9 Å². The number of benzene rings is 2. The van der Waals surface area contributed by atoms with Crippen LogP contribution in [0.3, 0.4) is 0 Å². The Hall–Kier alpha value is -4.13. The summed E-state index contributed by atoms with van der Waals surface area (Å²) in [5.74, 6) is -0.966. The maximum absolute atomic E-state index is 12.9. The number of hydrogen-bond donors (Lipinski definition) is 4. The fourth-order valence-corrected chi connectivity index (χ4v) is 4.78. The number of carboxylic acids is 1. The number of carboxylic acid groups (broad SMARTS) is 1. The first kappa shape index (κ1) is 21.7. The lowest BCUT2D eigenvalue weighted by atomic mass is 9.96. The van der Waals surface area contributed by atoms with Gasteiger partial charge in [0.15, 0.2) is 5.78 Å². The Bertz CT molecular complexity index is 1350. The molecule has 5 rings (SSSR count). The SMILES string of the molecule is O=C(O)CCc1c(/C=C2\C(=O)Nc3cc(-c4ccc(O)cc4)ccc32)[nH]c2c1C(=O)CCCC2. The minimum Gasteiger partial charge on any atom is -0.508 e. The molecule has 0 saturated carbocycles. The minimum absolute atomic E-state index is 0.0311. The lowest BCUT2D eigenvalue weighted by molar-refractivity contribution is -0.137. The molecule has 172 valence electrons. The van der Waals surface area contributed by atoms with Crippen LogP contribution < -0.4 is 5.32 Å². The van der Waals surface area contributed by atoms with E-state index in [1.165, 1.54) is 0 Å². The molecule has 34 heavy (non-hydrogen) atoms. The molecule has 0 unspecified atom stereocenters. The highest BCUT2D eigenvalue weighted by atomic mass is 16.4. The molecule has 0 radical (unpaired) electrons. The van der Waals surface area contributed by atoms with Crippen molar-refractivity contribution in [1.82, 2.24) is 4.98 Å². The highest BCUT2D eigenvalue weighted by Crippen LogP contribution is 2.38. The number of hydrogen-bond acceptors (Lipinski definition) is 4. The van der Waals surface area contributed by atoms with Crippen LogP contribution in [0.4, 0.5) is 5.69 Å². The number of phenolic OH excluding ortho intramolecular Hbond substituents is 1. The Morgan fingerprint density at radius 2 is 1.74 bits per heavy atom. The Kier molecular flexibility index (Phi) is 5.53. The van der Waals surface area contributed by atoms with E-state index in [0.29, 0.717) is 34.5 Å². The summed E-state index contributed by atoms with van der Waals surface area (Å²) in [7, 11) is 0. The summed E-state index contributed by atoms with van der Waals surface area (Å²) in [6.45, 7) is 0. The molecular weight excluding hydrogens is 432 g/mol. The molecule has 4 N–H and O–H groups in total. The van der Waals surface area contributed by atoms with E-state index in [1.54, 1.807) is 18.2 Å². The zero-order valence-electron chi connectivity index (χ0n) is 18.5. The number of aliphatic carboxylic acids is 1. The van der Waals surface area contributed by atoms with Crippen LogP contribution in [0, 0.1) is 0 Å². The standard InChI is InChI=1S/C27H24N2O5/c30-17-8-5-15(6-9-17)16-7-10-18-20(27(34)29-22(18)13-16)14-23-19(11-12-25(32)33)26-21(28-23)3-1-2-4-24(26)31/h5-10,13-14,28,30H,1-4,11-12H2,(H,29,34)(H,32,33)/b20-14-. The third-order valence-electron chi connectivity index (χ3n) is 6.45. The van der Waals surface area contributed by atoms with Gasteiger partial charge in [0.05, 0.1) is 5.57 Å². The van der Waals surface area contributed by atoms with Crippen LogP contribution >= 0.6 is 0 Å². The predicted octanol–water partition coefficient (Wildman–Crippen LogP) is 4.81. The molecule has 0 spiro atoms. The van der Waals surface area contributed by atoms with Crippen molar-refractivity contribution >= 4 is 35.0 Å². The normalized spacial score (nSPS) is 16.2. The largest absolute Gasteiger partial charge is 0.508 e. The summed E-state index contributed by atoms with van der Waals surface area (Å²) in [5, 5.41) is 21.7. The Balaban J connectivity index is 1.56. The van der Waals surface area contributed by atoms with Crippen molar-refractivity contribution in [3.63, 3.8) is 0 Å². The van der Waals surface area contributed by atoms with Gasteiger partial charge in [-0.1, -0.05) is 24.3 Å². The number of anilines is 1. The Morgan fingerprint density at radius 3 is 2.50 bits per heavy atom. The van der Waals surface area contributed by atoms with Crippen molar-refractivity contribution in [1.29, 1.82) is 0 Å². The van der Waals surface area contributed by atoms with E-state index in [4.69, 9.17) is 0 Å². The predicted molar refractivity (Wildman–Crippen MR) is 129 cm³/mol. The summed E-state index contributed by atoms with van der Waals surface area (Å²) in [6, 6.07) is 12.5. The fraction of sp³-hybridized carbons (Fsp3) is 0.222. The quantitative estimate of drug-likeness (QED) is 0.325. The molecule has 7 heteroatoms. The van der Waals surface area contributed by atoms with Crippen molar-refractivity contribution in [2.24, 2.45) is 0 Å². The number of fused-ring (bicyclic) bond motifs is 2. The lowest BCUT2D eigenvalue weighted by Gasteiger charge is -2.06. The van der Waals surface area contributed by atoms with Crippen LogP contribution in [0.1, 0.15) is 58.6 Å². The molecule has 2 aromatic carbocycles. The molecule has 0 atom stereocenters. The molecule has 0 saturated heterocycles. The zero-order chi connectivity index (χ0) is 23.8. The monoisotopic (exact) mass is 456 g/mol. The van der Waals surface area contributed by atoms with Crippen molar-refractivity contribution in [3.8, 4) is 16.9 Å². The highest BCUT2D eigenvalue weighted by molar-refractivity contribution is 6.35. The van der Waals surface area contributed by atoms with Gasteiger partial charge in [0.2, 0.25) is 0 Å². The number of ketones is 1. The number of carbonyl (C=O) groups is 3. The molecule has 7 nitrogen and oxygen atoms in total. The van der Waals surface area contributed by atoms with Crippen LogP contribution in [0.15, 0.2) is 42.5 Å². The van der Waals surface area contributed by atoms with Crippen LogP contribution in [0.2, 0.25) is 0 Å². The third-order valence-corrected chi connectivity index (χ3v) is 6.45. The van der Waals surface area contributed by atoms with Gasteiger partial charge >= 0.3 is 5.97 Å². The van der Waals surface area contributed by atoms with Crippen molar-refractivity contribution < 1.29 is 24.6 Å². The number of aromatic nitrogens is 1. The van der Waals surface area contributed by atoms with Crippen molar-refractivity contribution in [2.75, 3.05) is 5.32 Å². The number of phenols is 1. The van der Waals surface area contributed by atoms with Gasteiger partial charge in [-0.25, -0.2) is 0 Å². The maximum Gasteiger partial charge on any atom is 0.303 e. The molecule has 1 aromatic heterocycles. The molecule has 2 aliphatic rings. The summed E-state index contributed by atoms with van der Waals surface area (Å²) in [6.07, 6.45) is 4.74. The molecule has 0 fully saturated rings. The Labute approximate surface area is 196 Å². The first-order valence-electron chi connectivity index (χ1n) is 11.4. The van der Waals surface area contributed by atoms with E-state index in [-0.39, 0.29) is 30.3 Å². The second kappa shape index (κ2) is 8.67.